The molecule has 0 N–H and O–H groups in total. The Morgan fingerprint density at radius 3 is 2.15 bits per heavy atom. The molecule has 1 aliphatic heterocycles. The zero-order chi connectivity index (χ0) is 24.6. The molecule has 0 spiro atoms. The van der Waals surface area contributed by atoms with E-state index in [2.05, 4.69) is 41.5 Å². The van der Waals surface area contributed by atoms with Crippen LogP contribution in [0.1, 0.15) is 116 Å². The van der Waals surface area contributed by atoms with E-state index in [4.69, 9.17) is 9.47 Å². The molecule has 0 radical (unpaired) electrons. The highest BCUT2D eigenvalue weighted by molar-refractivity contribution is 5.71. The molecular weight excluding hydrogens is 408 g/mol. The van der Waals surface area contributed by atoms with Crippen LogP contribution in [0.5, 0.6) is 11.5 Å². The molecule has 3 nitrogen and oxygen atoms in total. The summed E-state index contributed by atoms with van der Waals surface area (Å²) in [5.41, 5.74) is 3.57. The summed E-state index contributed by atoms with van der Waals surface area (Å²) in [4.78, 5) is 11.4. The number of benzene rings is 1. The van der Waals surface area contributed by atoms with Crippen molar-refractivity contribution in [2.75, 3.05) is 6.61 Å². The zero-order valence-electron chi connectivity index (χ0n) is 22.8. The molecule has 188 valence electrons. The van der Waals surface area contributed by atoms with Crippen molar-refractivity contribution < 1.29 is 14.3 Å². The molecule has 0 bridgehead atoms. The lowest BCUT2D eigenvalue weighted by Crippen LogP contribution is -2.33. The first kappa shape index (κ1) is 27.7. The van der Waals surface area contributed by atoms with Gasteiger partial charge in [-0.25, -0.2) is 0 Å². The fourth-order valence-electron chi connectivity index (χ4n) is 5.33. The molecule has 3 atom stereocenters. The average molecular weight is 459 g/mol. The lowest BCUT2D eigenvalue weighted by Gasteiger charge is -2.37. The van der Waals surface area contributed by atoms with Crippen LogP contribution in [0.2, 0.25) is 0 Å². The molecular formula is C30H50O3. The van der Waals surface area contributed by atoms with Crippen molar-refractivity contribution in [2.45, 2.75) is 120 Å². The maximum absolute atomic E-state index is 11.4. The molecule has 3 unspecified atom stereocenters. The van der Waals surface area contributed by atoms with Crippen LogP contribution in [0.15, 0.2) is 6.07 Å². The Balaban J connectivity index is 1.77. The number of fused-ring (bicyclic) bond motifs is 1. The second-order valence-electron chi connectivity index (χ2n) is 11.9. The Hall–Kier alpha value is -1.51. The highest BCUT2D eigenvalue weighted by Gasteiger charge is 2.33. The van der Waals surface area contributed by atoms with Gasteiger partial charge >= 0.3 is 5.97 Å². The van der Waals surface area contributed by atoms with Crippen molar-refractivity contribution in [3.63, 3.8) is 0 Å². The molecule has 0 saturated heterocycles. The Morgan fingerprint density at radius 2 is 1.58 bits per heavy atom. The smallest absolute Gasteiger partial charge is 0.308 e. The van der Waals surface area contributed by atoms with Crippen LogP contribution >= 0.6 is 0 Å². The van der Waals surface area contributed by atoms with Gasteiger partial charge in [0.1, 0.15) is 11.5 Å². The van der Waals surface area contributed by atoms with Crippen LogP contribution in [0.25, 0.3) is 0 Å². The van der Waals surface area contributed by atoms with Gasteiger partial charge in [-0.05, 0) is 61.6 Å². The number of hydrogen-bond acceptors (Lipinski definition) is 3. The van der Waals surface area contributed by atoms with Crippen LogP contribution in [0.4, 0.5) is 0 Å². The van der Waals surface area contributed by atoms with Crippen molar-refractivity contribution in [3.05, 3.63) is 22.8 Å². The van der Waals surface area contributed by atoms with E-state index in [0.29, 0.717) is 5.75 Å². The summed E-state index contributed by atoms with van der Waals surface area (Å²) < 4.78 is 11.7. The van der Waals surface area contributed by atoms with Gasteiger partial charge in [0.25, 0.3) is 0 Å². The fraction of sp³-hybridized carbons (Fsp3) is 0.767. The molecule has 0 amide bonds. The SMILES string of the molecule is CC(=O)Oc1cc(C)c2c(c1C)OCC(C)(CCCC(C)CCCC(C)CCCC(C)C)C2. The molecule has 33 heavy (non-hydrogen) atoms. The molecule has 1 heterocycles. The second kappa shape index (κ2) is 12.8. The summed E-state index contributed by atoms with van der Waals surface area (Å²) in [5, 5.41) is 0. The van der Waals surface area contributed by atoms with Crippen LogP contribution in [-0.4, -0.2) is 12.6 Å². The number of esters is 1. The number of ether oxygens (including phenoxy) is 2. The molecule has 3 heteroatoms. The van der Waals surface area contributed by atoms with Gasteiger partial charge in [0, 0.05) is 17.9 Å². The maximum Gasteiger partial charge on any atom is 0.308 e. The monoisotopic (exact) mass is 458 g/mol. The van der Waals surface area contributed by atoms with E-state index >= 15 is 0 Å². The Morgan fingerprint density at radius 1 is 1.00 bits per heavy atom. The van der Waals surface area contributed by atoms with Crippen LogP contribution in [0, 0.1) is 37.0 Å². The first-order valence-corrected chi connectivity index (χ1v) is 13.4. The zero-order valence-corrected chi connectivity index (χ0v) is 22.8. The Labute approximate surface area is 204 Å². The molecule has 0 fully saturated rings. The van der Waals surface area contributed by atoms with E-state index < -0.39 is 0 Å². The molecule has 1 aromatic rings. The van der Waals surface area contributed by atoms with E-state index in [1.165, 1.54) is 70.3 Å². The summed E-state index contributed by atoms with van der Waals surface area (Å²) >= 11 is 0. The van der Waals surface area contributed by atoms with Gasteiger partial charge in [0.15, 0.2) is 0 Å². The standard InChI is InChI=1S/C30H50O3/c1-21(2)12-9-13-22(3)14-10-15-23(4)16-11-17-30(8)19-27-24(5)18-28(33-26(7)31)25(6)29(27)32-20-30/h18,21-23H,9-17,19-20H2,1-8H3. The third-order valence-corrected chi connectivity index (χ3v) is 7.58. The number of carbonyl (C=O) groups excluding carboxylic acids is 1. The summed E-state index contributed by atoms with van der Waals surface area (Å²) in [6.45, 7) is 18.2. The lowest BCUT2D eigenvalue weighted by atomic mass is 9.76. The normalized spacial score (nSPS) is 19.7. The van der Waals surface area contributed by atoms with Gasteiger partial charge in [-0.2, -0.15) is 0 Å². The quantitative estimate of drug-likeness (QED) is 0.219. The van der Waals surface area contributed by atoms with Gasteiger partial charge in [0.05, 0.1) is 6.61 Å². The summed E-state index contributed by atoms with van der Waals surface area (Å²) in [7, 11) is 0. The van der Waals surface area contributed by atoms with Crippen molar-refractivity contribution in [1.82, 2.24) is 0 Å². The minimum absolute atomic E-state index is 0.178. The maximum atomic E-state index is 11.4. The fourth-order valence-corrected chi connectivity index (χ4v) is 5.33. The number of aryl methyl sites for hydroxylation is 1. The molecule has 1 aromatic carbocycles. The van der Waals surface area contributed by atoms with Gasteiger partial charge in [-0.3, -0.25) is 4.79 Å². The van der Waals surface area contributed by atoms with E-state index in [0.717, 1.165) is 47.7 Å². The molecule has 0 saturated carbocycles. The molecule has 0 aromatic heterocycles. The first-order valence-electron chi connectivity index (χ1n) is 13.4. The van der Waals surface area contributed by atoms with E-state index in [9.17, 15) is 4.79 Å². The Bertz CT molecular complexity index is 766. The summed E-state index contributed by atoms with van der Waals surface area (Å²) in [5.74, 6) is 3.80. The minimum Gasteiger partial charge on any atom is -0.492 e. The number of carbonyl (C=O) groups is 1. The highest BCUT2D eigenvalue weighted by atomic mass is 16.5. The molecule has 1 aliphatic rings. The third-order valence-electron chi connectivity index (χ3n) is 7.58. The van der Waals surface area contributed by atoms with Crippen molar-refractivity contribution in [1.29, 1.82) is 0 Å². The van der Waals surface area contributed by atoms with Gasteiger partial charge in [-0.15, -0.1) is 0 Å². The van der Waals surface area contributed by atoms with E-state index in [1.54, 1.807) is 0 Å². The predicted molar refractivity (Wildman–Crippen MR) is 139 cm³/mol. The number of rotatable bonds is 13. The minimum atomic E-state index is -0.284. The predicted octanol–water partition coefficient (Wildman–Crippen LogP) is 8.61. The van der Waals surface area contributed by atoms with Crippen molar-refractivity contribution in [2.24, 2.45) is 23.2 Å². The summed E-state index contributed by atoms with van der Waals surface area (Å²) in [6, 6.07) is 2.00. The van der Waals surface area contributed by atoms with Gasteiger partial charge in [0.2, 0.25) is 0 Å². The second-order valence-corrected chi connectivity index (χ2v) is 11.9. The highest BCUT2D eigenvalue weighted by Crippen LogP contribution is 2.44. The van der Waals surface area contributed by atoms with Crippen LogP contribution < -0.4 is 9.47 Å². The first-order chi connectivity index (χ1) is 15.5. The van der Waals surface area contributed by atoms with E-state index in [1.807, 2.05) is 13.0 Å². The van der Waals surface area contributed by atoms with Gasteiger partial charge < -0.3 is 9.47 Å². The topological polar surface area (TPSA) is 35.5 Å². The van der Waals surface area contributed by atoms with Crippen molar-refractivity contribution in [3.8, 4) is 11.5 Å². The Kier molecular flexibility index (Phi) is 10.8. The number of hydrogen-bond donors (Lipinski definition) is 0. The third kappa shape index (κ3) is 8.98. The summed E-state index contributed by atoms with van der Waals surface area (Å²) in [6.07, 6.45) is 13.1. The average Bonchev–Trinajstić information content (AvgIpc) is 2.71. The van der Waals surface area contributed by atoms with Crippen LogP contribution in [0.3, 0.4) is 0 Å². The molecule has 0 aliphatic carbocycles. The largest absolute Gasteiger partial charge is 0.492 e. The molecule has 2 rings (SSSR count). The van der Waals surface area contributed by atoms with Gasteiger partial charge in [-0.1, -0.05) is 86.0 Å². The van der Waals surface area contributed by atoms with Crippen molar-refractivity contribution >= 4 is 5.97 Å². The van der Waals surface area contributed by atoms with Crippen LogP contribution in [-0.2, 0) is 11.2 Å². The van der Waals surface area contributed by atoms with E-state index in [-0.39, 0.29) is 11.4 Å². The lowest BCUT2D eigenvalue weighted by molar-refractivity contribution is -0.131.